The molecule has 1 saturated heterocycles. The maximum absolute atomic E-state index is 11.8. The van der Waals surface area contributed by atoms with Gasteiger partial charge in [-0.25, -0.2) is 0 Å². The highest BCUT2D eigenvalue weighted by Gasteiger charge is 2.30. The molecule has 1 aromatic heterocycles. The van der Waals surface area contributed by atoms with E-state index in [9.17, 15) is 4.79 Å². The number of aromatic nitrogens is 2. The van der Waals surface area contributed by atoms with Gasteiger partial charge in [-0.3, -0.25) is 9.48 Å². The van der Waals surface area contributed by atoms with Crippen molar-refractivity contribution in [3.05, 3.63) is 17.0 Å². The minimum absolute atomic E-state index is 0.264. The van der Waals surface area contributed by atoms with Crippen LogP contribution in [-0.4, -0.2) is 28.8 Å². The number of hydrogen-bond donors (Lipinski definition) is 0. The van der Waals surface area contributed by atoms with Crippen LogP contribution in [0.1, 0.15) is 54.5 Å². The van der Waals surface area contributed by atoms with Crippen molar-refractivity contribution in [2.75, 3.05) is 13.2 Å². The lowest BCUT2D eigenvalue weighted by Gasteiger charge is -2.28. The number of ketones is 1. The van der Waals surface area contributed by atoms with Gasteiger partial charge < -0.3 is 4.74 Å². The van der Waals surface area contributed by atoms with Crippen LogP contribution in [0.4, 0.5) is 0 Å². The molecule has 0 bridgehead atoms. The number of carbonyl (C=O) groups is 1. The van der Waals surface area contributed by atoms with Crippen LogP contribution in [0.2, 0.25) is 0 Å². The van der Waals surface area contributed by atoms with Gasteiger partial charge in [0.15, 0.2) is 5.78 Å². The SMILES string of the molecule is CC.Cc1nn(C2COC2)c2c1C(=O)CCC2. The van der Waals surface area contributed by atoms with E-state index in [0.29, 0.717) is 12.5 Å². The molecule has 3 rings (SSSR count). The third kappa shape index (κ3) is 2.02. The number of fused-ring (bicyclic) bond motifs is 1. The highest BCUT2D eigenvalue weighted by Crippen LogP contribution is 2.28. The Balaban J connectivity index is 0.000000514. The molecule has 1 fully saturated rings. The minimum atomic E-state index is 0.264. The molecular weight excluding hydrogens is 216 g/mol. The predicted octanol–water partition coefficient (Wildman–Crippen LogP) is 2.31. The average Bonchev–Trinajstić information content (AvgIpc) is 2.58. The zero-order valence-corrected chi connectivity index (χ0v) is 10.8. The maximum Gasteiger partial charge on any atom is 0.166 e. The zero-order valence-electron chi connectivity index (χ0n) is 10.8. The van der Waals surface area contributed by atoms with Crippen LogP contribution in [-0.2, 0) is 11.2 Å². The lowest BCUT2D eigenvalue weighted by molar-refractivity contribution is -0.0300. The monoisotopic (exact) mass is 236 g/mol. The third-order valence-corrected chi connectivity index (χ3v) is 3.25. The van der Waals surface area contributed by atoms with E-state index in [1.807, 2.05) is 25.5 Å². The smallest absolute Gasteiger partial charge is 0.166 e. The van der Waals surface area contributed by atoms with Crippen molar-refractivity contribution >= 4 is 5.78 Å². The molecule has 0 aromatic carbocycles. The summed E-state index contributed by atoms with van der Waals surface area (Å²) in [5.41, 5.74) is 2.91. The van der Waals surface area contributed by atoms with E-state index in [1.54, 1.807) is 0 Å². The summed E-state index contributed by atoms with van der Waals surface area (Å²) in [6.07, 6.45) is 2.63. The first kappa shape index (κ1) is 12.3. The van der Waals surface area contributed by atoms with Crippen molar-refractivity contribution < 1.29 is 9.53 Å². The first-order valence-corrected chi connectivity index (χ1v) is 6.46. The van der Waals surface area contributed by atoms with E-state index >= 15 is 0 Å². The van der Waals surface area contributed by atoms with Gasteiger partial charge in [0.1, 0.15) is 0 Å². The van der Waals surface area contributed by atoms with E-state index < -0.39 is 0 Å². The first-order chi connectivity index (χ1) is 8.27. The largest absolute Gasteiger partial charge is 0.377 e. The highest BCUT2D eigenvalue weighted by molar-refractivity contribution is 5.99. The number of Topliss-reactive ketones (excluding diaryl/α,β-unsaturated/α-hetero) is 1. The summed E-state index contributed by atoms with van der Waals surface area (Å²) >= 11 is 0. The molecule has 0 radical (unpaired) electrons. The molecule has 0 atom stereocenters. The second-order valence-electron chi connectivity index (χ2n) is 4.32. The first-order valence-electron chi connectivity index (χ1n) is 6.46. The van der Waals surface area contributed by atoms with Crippen LogP contribution in [0.25, 0.3) is 0 Å². The number of nitrogens with zero attached hydrogens (tertiary/aromatic N) is 2. The number of ether oxygens (including phenoxy) is 1. The Kier molecular flexibility index (Phi) is 3.62. The molecule has 0 saturated carbocycles. The molecular formula is C13H20N2O2. The van der Waals surface area contributed by atoms with E-state index in [-0.39, 0.29) is 5.78 Å². The molecule has 1 aromatic rings. The van der Waals surface area contributed by atoms with Crippen LogP contribution in [0, 0.1) is 6.92 Å². The molecule has 0 N–H and O–H groups in total. The van der Waals surface area contributed by atoms with Gasteiger partial charge in [0.2, 0.25) is 0 Å². The molecule has 17 heavy (non-hydrogen) atoms. The standard InChI is InChI=1S/C11H14N2O2.C2H6/c1-7-11-9(3-2-4-10(11)14)13(12-7)8-5-15-6-8;1-2/h8H,2-6H2,1H3;1-2H3. The van der Waals surface area contributed by atoms with Gasteiger partial charge in [-0.15, -0.1) is 0 Å². The summed E-state index contributed by atoms with van der Waals surface area (Å²) in [4.78, 5) is 11.8. The number of aryl methyl sites for hydroxylation is 1. The maximum atomic E-state index is 11.8. The summed E-state index contributed by atoms with van der Waals surface area (Å²) in [6.45, 7) is 7.40. The van der Waals surface area contributed by atoms with Crippen molar-refractivity contribution in [1.29, 1.82) is 0 Å². The third-order valence-electron chi connectivity index (χ3n) is 3.25. The van der Waals surface area contributed by atoms with Crippen molar-refractivity contribution in [3.8, 4) is 0 Å². The van der Waals surface area contributed by atoms with Crippen molar-refractivity contribution in [2.24, 2.45) is 0 Å². The van der Waals surface area contributed by atoms with Crippen LogP contribution < -0.4 is 0 Å². The van der Waals surface area contributed by atoms with Gasteiger partial charge in [0, 0.05) is 6.42 Å². The molecule has 0 unspecified atom stereocenters. The molecule has 4 nitrogen and oxygen atoms in total. The molecule has 2 aliphatic rings. The van der Waals surface area contributed by atoms with Crippen LogP contribution in [0.15, 0.2) is 0 Å². The van der Waals surface area contributed by atoms with Crippen LogP contribution >= 0.6 is 0 Å². The Labute approximate surface area is 102 Å². The van der Waals surface area contributed by atoms with Crippen molar-refractivity contribution in [3.63, 3.8) is 0 Å². The van der Waals surface area contributed by atoms with Gasteiger partial charge in [-0.2, -0.15) is 5.10 Å². The summed E-state index contributed by atoms with van der Waals surface area (Å²) in [5.74, 6) is 0.264. The average molecular weight is 236 g/mol. The Morgan fingerprint density at radius 1 is 1.29 bits per heavy atom. The van der Waals surface area contributed by atoms with Gasteiger partial charge in [0.25, 0.3) is 0 Å². The predicted molar refractivity (Wildman–Crippen MR) is 65.4 cm³/mol. The van der Waals surface area contributed by atoms with E-state index in [1.165, 1.54) is 0 Å². The lowest BCUT2D eigenvalue weighted by Crippen LogP contribution is -2.33. The lowest BCUT2D eigenvalue weighted by atomic mass is 9.94. The quantitative estimate of drug-likeness (QED) is 0.751. The number of carbonyl (C=O) groups excluding carboxylic acids is 1. The number of hydrogen-bond acceptors (Lipinski definition) is 3. The summed E-state index contributed by atoms with van der Waals surface area (Å²) in [6, 6.07) is 0.360. The Morgan fingerprint density at radius 2 is 2.00 bits per heavy atom. The highest BCUT2D eigenvalue weighted by atomic mass is 16.5. The van der Waals surface area contributed by atoms with Crippen LogP contribution in [0.3, 0.4) is 0 Å². The van der Waals surface area contributed by atoms with Crippen LogP contribution in [0.5, 0.6) is 0 Å². The van der Waals surface area contributed by atoms with Gasteiger partial charge in [-0.05, 0) is 19.8 Å². The molecule has 2 heterocycles. The van der Waals surface area contributed by atoms with E-state index in [0.717, 1.165) is 43.0 Å². The summed E-state index contributed by atoms with van der Waals surface area (Å²) in [7, 11) is 0. The normalized spacial score (nSPS) is 19.1. The van der Waals surface area contributed by atoms with E-state index in [2.05, 4.69) is 5.10 Å². The molecule has 1 aliphatic carbocycles. The number of rotatable bonds is 1. The zero-order chi connectivity index (χ0) is 12.4. The van der Waals surface area contributed by atoms with Gasteiger partial charge in [0.05, 0.1) is 36.2 Å². The van der Waals surface area contributed by atoms with Gasteiger partial charge in [-0.1, -0.05) is 13.8 Å². The van der Waals surface area contributed by atoms with E-state index in [4.69, 9.17) is 4.74 Å². The Bertz CT molecular complexity index is 419. The Morgan fingerprint density at radius 3 is 2.59 bits per heavy atom. The second kappa shape index (κ2) is 5.00. The summed E-state index contributed by atoms with van der Waals surface area (Å²) < 4.78 is 7.19. The van der Waals surface area contributed by atoms with Crippen molar-refractivity contribution in [2.45, 2.75) is 46.1 Å². The Hall–Kier alpha value is -1.16. The minimum Gasteiger partial charge on any atom is -0.377 e. The van der Waals surface area contributed by atoms with Gasteiger partial charge >= 0.3 is 0 Å². The molecule has 1 aliphatic heterocycles. The fraction of sp³-hybridized carbons (Fsp3) is 0.692. The fourth-order valence-corrected chi connectivity index (χ4v) is 2.41. The second-order valence-corrected chi connectivity index (χ2v) is 4.32. The molecule has 94 valence electrons. The molecule has 0 spiro atoms. The topological polar surface area (TPSA) is 44.1 Å². The fourth-order valence-electron chi connectivity index (χ4n) is 2.41. The molecule has 4 heteroatoms. The molecule has 0 amide bonds. The van der Waals surface area contributed by atoms with Crippen molar-refractivity contribution in [1.82, 2.24) is 9.78 Å². The summed E-state index contributed by atoms with van der Waals surface area (Å²) in [5, 5.41) is 4.48.